The number of piperidine rings is 1. The Morgan fingerprint density at radius 1 is 1.04 bits per heavy atom. The van der Waals surface area contributed by atoms with Gasteiger partial charge < -0.3 is 9.26 Å². The van der Waals surface area contributed by atoms with E-state index >= 15 is 0 Å². The van der Waals surface area contributed by atoms with Crippen molar-refractivity contribution in [3.63, 3.8) is 0 Å². The van der Waals surface area contributed by atoms with Crippen molar-refractivity contribution >= 4 is 10.0 Å². The van der Waals surface area contributed by atoms with Crippen molar-refractivity contribution in [3.05, 3.63) is 60.5 Å². The number of benzene rings is 2. The molecule has 0 N–H and O–H groups in total. The molecule has 2 heterocycles. The van der Waals surface area contributed by atoms with Crippen LogP contribution in [0.4, 0.5) is 0 Å². The Labute approximate surface area is 164 Å². The summed E-state index contributed by atoms with van der Waals surface area (Å²) in [6, 6.07) is 16.0. The highest BCUT2D eigenvalue weighted by atomic mass is 32.2. The van der Waals surface area contributed by atoms with Gasteiger partial charge in [0.25, 0.3) is 0 Å². The Kier molecular flexibility index (Phi) is 5.15. The van der Waals surface area contributed by atoms with Gasteiger partial charge in [0, 0.05) is 19.0 Å². The molecule has 0 saturated carbocycles. The number of ether oxygens (including phenoxy) is 1. The molecular weight excluding hydrogens is 378 g/mol. The van der Waals surface area contributed by atoms with Crippen LogP contribution in [-0.4, -0.2) is 43.1 Å². The minimum Gasteiger partial charge on any atom is -0.496 e. The van der Waals surface area contributed by atoms with E-state index in [1.54, 1.807) is 37.4 Å². The van der Waals surface area contributed by atoms with Crippen LogP contribution in [0.1, 0.15) is 24.7 Å². The summed E-state index contributed by atoms with van der Waals surface area (Å²) in [5, 5.41) is 4.09. The van der Waals surface area contributed by atoms with Crippen molar-refractivity contribution in [2.75, 3.05) is 20.2 Å². The van der Waals surface area contributed by atoms with Gasteiger partial charge in [0.1, 0.15) is 5.75 Å². The van der Waals surface area contributed by atoms with E-state index < -0.39 is 10.0 Å². The van der Waals surface area contributed by atoms with Crippen LogP contribution in [0.3, 0.4) is 0 Å². The summed E-state index contributed by atoms with van der Waals surface area (Å²) >= 11 is 0. The first kappa shape index (κ1) is 18.6. The van der Waals surface area contributed by atoms with Crippen LogP contribution < -0.4 is 4.74 Å². The van der Waals surface area contributed by atoms with E-state index in [1.807, 2.05) is 24.3 Å². The fourth-order valence-corrected chi connectivity index (χ4v) is 4.92. The maximum absolute atomic E-state index is 12.8. The van der Waals surface area contributed by atoms with Gasteiger partial charge in [-0.2, -0.15) is 9.29 Å². The lowest BCUT2D eigenvalue weighted by atomic mass is 9.98. The number of hydrogen-bond acceptors (Lipinski definition) is 6. The van der Waals surface area contributed by atoms with Gasteiger partial charge in [0.2, 0.25) is 21.7 Å². The van der Waals surface area contributed by atoms with Crippen molar-refractivity contribution in [1.29, 1.82) is 0 Å². The largest absolute Gasteiger partial charge is 0.496 e. The lowest BCUT2D eigenvalue weighted by molar-refractivity contribution is 0.270. The van der Waals surface area contributed by atoms with Crippen molar-refractivity contribution in [2.45, 2.75) is 23.7 Å². The molecule has 8 heteroatoms. The van der Waals surface area contributed by atoms with Crippen LogP contribution in [0.25, 0.3) is 11.4 Å². The number of sulfonamides is 1. The Bertz CT molecular complexity index is 1040. The number of hydrogen-bond donors (Lipinski definition) is 0. The van der Waals surface area contributed by atoms with E-state index in [9.17, 15) is 8.42 Å². The van der Waals surface area contributed by atoms with Crippen molar-refractivity contribution in [1.82, 2.24) is 14.4 Å². The van der Waals surface area contributed by atoms with E-state index in [1.165, 1.54) is 4.31 Å². The average Bonchev–Trinajstić information content (AvgIpc) is 3.24. The molecule has 2 aromatic carbocycles. The third-order valence-electron chi connectivity index (χ3n) is 4.97. The highest BCUT2D eigenvalue weighted by Gasteiger charge is 2.32. The maximum atomic E-state index is 12.8. The maximum Gasteiger partial charge on any atom is 0.243 e. The normalized spacial score (nSPS) is 16.2. The van der Waals surface area contributed by atoms with E-state index in [0.29, 0.717) is 48.3 Å². The van der Waals surface area contributed by atoms with E-state index in [4.69, 9.17) is 9.26 Å². The van der Waals surface area contributed by atoms with E-state index in [-0.39, 0.29) is 5.92 Å². The molecule has 1 aliphatic rings. The van der Waals surface area contributed by atoms with Crippen LogP contribution in [0, 0.1) is 0 Å². The first-order valence-electron chi connectivity index (χ1n) is 9.12. The van der Waals surface area contributed by atoms with E-state index in [2.05, 4.69) is 10.1 Å². The molecule has 1 saturated heterocycles. The summed E-state index contributed by atoms with van der Waals surface area (Å²) in [5.41, 5.74) is 0.768. The highest BCUT2D eigenvalue weighted by molar-refractivity contribution is 7.89. The predicted molar refractivity (Wildman–Crippen MR) is 103 cm³/mol. The lowest BCUT2D eigenvalue weighted by Crippen LogP contribution is -2.37. The highest BCUT2D eigenvalue weighted by Crippen LogP contribution is 2.33. The summed E-state index contributed by atoms with van der Waals surface area (Å²) in [7, 11) is -1.86. The first-order valence-corrected chi connectivity index (χ1v) is 10.6. The number of aromatic nitrogens is 2. The Morgan fingerprint density at radius 3 is 2.43 bits per heavy atom. The summed E-state index contributed by atoms with van der Waals surface area (Å²) < 4.78 is 37.9. The van der Waals surface area contributed by atoms with Gasteiger partial charge in [-0.15, -0.1) is 0 Å². The molecule has 1 fully saturated rings. The van der Waals surface area contributed by atoms with Gasteiger partial charge in [0.05, 0.1) is 17.6 Å². The van der Waals surface area contributed by atoms with Crippen molar-refractivity contribution < 1.29 is 17.7 Å². The number of rotatable bonds is 5. The molecule has 0 atom stereocenters. The molecule has 0 aliphatic carbocycles. The molecule has 0 spiro atoms. The quantitative estimate of drug-likeness (QED) is 0.654. The third-order valence-corrected chi connectivity index (χ3v) is 6.89. The smallest absolute Gasteiger partial charge is 0.243 e. The van der Waals surface area contributed by atoms with Gasteiger partial charge in [-0.3, -0.25) is 0 Å². The van der Waals surface area contributed by atoms with Gasteiger partial charge in [0.15, 0.2) is 0 Å². The Hall–Kier alpha value is -2.71. The second kappa shape index (κ2) is 7.73. The number of nitrogens with zero attached hydrogens (tertiary/aromatic N) is 3. The zero-order valence-corrected chi connectivity index (χ0v) is 16.3. The molecule has 146 valence electrons. The Morgan fingerprint density at radius 2 is 1.71 bits per heavy atom. The monoisotopic (exact) mass is 399 g/mol. The SMILES string of the molecule is COc1ccccc1-c1noc(C2CCN(S(=O)(=O)c3ccccc3)CC2)n1. The van der Waals surface area contributed by atoms with Gasteiger partial charge in [-0.25, -0.2) is 8.42 Å². The van der Waals surface area contributed by atoms with Crippen LogP contribution >= 0.6 is 0 Å². The summed E-state index contributed by atoms with van der Waals surface area (Å²) in [6.07, 6.45) is 1.28. The van der Waals surface area contributed by atoms with Gasteiger partial charge >= 0.3 is 0 Å². The lowest BCUT2D eigenvalue weighted by Gasteiger charge is -2.29. The van der Waals surface area contributed by atoms with E-state index in [0.717, 1.165) is 5.56 Å². The molecule has 4 rings (SSSR count). The number of methoxy groups -OCH3 is 1. The molecule has 7 nitrogen and oxygen atoms in total. The van der Waals surface area contributed by atoms with Crippen molar-refractivity contribution in [3.8, 4) is 17.1 Å². The minimum absolute atomic E-state index is 0.0400. The molecule has 0 unspecified atom stereocenters. The predicted octanol–water partition coefficient (Wildman–Crippen LogP) is 3.31. The van der Waals surface area contributed by atoms with Crippen LogP contribution in [0.15, 0.2) is 64.0 Å². The van der Waals surface area contributed by atoms with Crippen LogP contribution in [-0.2, 0) is 10.0 Å². The fraction of sp³-hybridized carbons (Fsp3) is 0.300. The summed E-state index contributed by atoms with van der Waals surface area (Å²) in [5.74, 6) is 1.74. The topological polar surface area (TPSA) is 85.5 Å². The average molecular weight is 399 g/mol. The minimum atomic E-state index is -3.46. The summed E-state index contributed by atoms with van der Waals surface area (Å²) in [6.45, 7) is 0.850. The molecule has 3 aromatic rings. The standard InChI is InChI=1S/C20H21N3O4S/c1-26-18-10-6-5-9-17(18)19-21-20(27-22-19)15-11-13-23(14-12-15)28(24,25)16-7-3-2-4-8-16/h2-10,15H,11-14H2,1H3. The molecule has 0 amide bonds. The van der Waals surface area contributed by atoms with Gasteiger partial charge in [-0.1, -0.05) is 35.5 Å². The van der Waals surface area contributed by atoms with Crippen molar-refractivity contribution in [2.24, 2.45) is 0 Å². The van der Waals surface area contributed by atoms with Crippen LogP contribution in [0.2, 0.25) is 0 Å². The fourth-order valence-electron chi connectivity index (χ4n) is 3.42. The zero-order valence-electron chi connectivity index (χ0n) is 15.5. The molecule has 28 heavy (non-hydrogen) atoms. The molecule has 0 bridgehead atoms. The zero-order chi connectivity index (χ0) is 19.6. The molecular formula is C20H21N3O4S. The van der Waals surface area contributed by atoms with Crippen LogP contribution in [0.5, 0.6) is 5.75 Å². The Balaban J connectivity index is 1.47. The second-order valence-corrected chi connectivity index (χ2v) is 8.59. The number of para-hydroxylation sites is 1. The second-order valence-electron chi connectivity index (χ2n) is 6.65. The molecule has 0 radical (unpaired) electrons. The first-order chi connectivity index (χ1) is 13.6. The summed E-state index contributed by atoms with van der Waals surface area (Å²) in [4.78, 5) is 4.86. The molecule has 1 aromatic heterocycles. The third kappa shape index (κ3) is 3.53. The molecule has 1 aliphatic heterocycles. The van der Waals surface area contributed by atoms with Gasteiger partial charge in [-0.05, 0) is 37.1 Å².